The van der Waals surface area contributed by atoms with Crippen molar-refractivity contribution in [3.05, 3.63) is 88.2 Å². The van der Waals surface area contributed by atoms with E-state index in [0.717, 1.165) is 6.42 Å². The van der Waals surface area contributed by atoms with E-state index >= 15 is 0 Å². The van der Waals surface area contributed by atoms with Gasteiger partial charge in [-0.15, -0.1) is 5.73 Å². The zero-order chi connectivity index (χ0) is 16.4. The van der Waals surface area contributed by atoms with Crippen LogP contribution in [0.3, 0.4) is 0 Å². The highest BCUT2D eigenvalue weighted by atomic mass is 14.5. The van der Waals surface area contributed by atoms with Crippen molar-refractivity contribution in [3.63, 3.8) is 0 Å². The number of hydrogen-bond acceptors (Lipinski definition) is 0. The lowest BCUT2D eigenvalue weighted by Gasteiger charge is -2.45. The molecule has 116 valence electrons. The quantitative estimate of drug-likeness (QED) is 0.521. The highest BCUT2D eigenvalue weighted by molar-refractivity contribution is 5.62. The van der Waals surface area contributed by atoms with E-state index in [1.807, 2.05) is 27.7 Å². The smallest absolute Gasteiger partial charge is 0.0390 e. The van der Waals surface area contributed by atoms with Gasteiger partial charge in [0.05, 0.1) is 0 Å². The molecule has 3 atom stereocenters. The van der Waals surface area contributed by atoms with Crippen LogP contribution in [0.1, 0.15) is 68.2 Å². The van der Waals surface area contributed by atoms with E-state index in [4.69, 9.17) is 0 Å². The summed E-state index contributed by atoms with van der Waals surface area (Å²) in [5, 5.41) is 0. The van der Waals surface area contributed by atoms with Crippen LogP contribution in [0.25, 0.3) is 0 Å². The lowest BCUT2D eigenvalue weighted by Crippen LogP contribution is -2.32. The maximum Gasteiger partial charge on any atom is 0.0390 e. The zero-order valence-corrected chi connectivity index (χ0v) is 14.5. The highest BCUT2D eigenvalue weighted by Crippen LogP contribution is 2.59. The van der Waals surface area contributed by atoms with Crippen molar-refractivity contribution in [3.8, 4) is 0 Å². The molecular formula is C23H24. The molecule has 0 heteroatoms. The van der Waals surface area contributed by atoms with E-state index in [9.17, 15) is 0 Å². The second-order valence-electron chi connectivity index (χ2n) is 5.67. The predicted molar refractivity (Wildman–Crippen MR) is 96.6 cm³/mol. The molecule has 2 bridgehead atoms. The fourth-order valence-electron chi connectivity index (χ4n) is 4.24. The van der Waals surface area contributed by atoms with E-state index < -0.39 is 0 Å². The van der Waals surface area contributed by atoms with Gasteiger partial charge < -0.3 is 0 Å². The van der Waals surface area contributed by atoms with Crippen molar-refractivity contribution in [2.24, 2.45) is 5.92 Å². The average molecular weight is 300 g/mol. The third-order valence-corrected chi connectivity index (χ3v) is 4.91. The standard InChI is InChI=1S/C19H12.2C2H6/c1-2-7-13-12(6-1)18-14-8-3-4-9-15(14)19(13)17-11-5-10-16(17)18;2*1-2/h1-2,5-9,16,18-19H,10H2;2*1-2H3. The summed E-state index contributed by atoms with van der Waals surface area (Å²) in [7, 11) is 0. The van der Waals surface area contributed by atoms with Crippen LogP contribution in [0.4, 0.5) is 0 Å². The Morgan fingerprint density at radius 2 is 1.48 bits per heavy atom. The summed E-state index contributed by atoms with van der Waals surface area (Å²) in [6.45, 7) is 8.00. The molecule has 0 spiro atoms. The predicted octanol–water partition coefficient (Wildman–Crippen LogP) is 6.03. The topological polar surface area (TPSA) is 0 Å². The van der Waals surface area contributed by atoms with Gasteiger partial charge in [0.15, 0.2) is 0 Å². The maximum absolute atomic E-state index is 3.54. The van der Waals surface area contributed by atoms with E-state index in [-0.39, 0.29) is 0 Å². The summed E-state index contributed by atoms with van der Waals surface area (Å²) in [4.78, 5) is 0. The minimum Gasteiger partial charge on any atom is -0.125 e. The Labute approximate surface area is 140 Å². The molecule has 4 aliphatic rings. The summed E-state index contributed by atoms with van der Waals surface area (Å²) in [6.07, 6.45) is 3.37. The lowest BCUT2D eigenvalue weighted by atomic mass is 9.57. The Balaban J connectivity index is 0.000000365. The Kier molecular flexibility index (Phi) is 4.42. The molecule has 2 aromatic carbocycles. The molecule has 0 radical (unpaired) electrons. The van der Waals surface area contributed by atoms with Crippen molar-refractivity contribution in [1.82, 2.24) is 0 Å². The zero-order valence-electron chi connectivity index (χ0n) is 14.5. The van der Waals surface area contributed by atoms with Crippen LogP contribution >= 0.6 is 0 Å². The first-order valence-electron chi connectivity index (χ1n) is 8.90. The van der Waals surface area contributed by atoms with Crippen molar-refractivity contribution in [1.29, 1.82) is 0 Å². The van der Waals surface area contributed by atoms with Gasteiger partial charge in [-0.2, -0.15) is 0 Å². The van der Waals surface area contributed by atoms with Gasteiger partial charge in [0.2, 0.25) is 0 Å². The van der Waals surface area contributed by atoms with Crippen LogP contribution in [0.2, 0.25) is 0 Å². The molecule has 0 amide bonds. The van der Waals surface area contributed by atoms with Gasteiger partial charge in [-0.3, -0.25) is 0 Å². The molecule has 0 fully saturated rings. The summed E-state index contributed by atoms with van der Waals surface area (Å²) in [5.41, 5.74) is 10.9. The van der Waals surface area contributed by atoms with Gasteiger partial charge in [0.1, 0.15) is 0 Å². The fourth-order valence-corrected chi connectivity index (χ4v) is 4.24. The van der Waals surface area contributed by atoms with E-state index in [0.29, 0.717) is 17.8 Å². The molecule has 0 saturated carbocycles. The van der Waals surface area contributed by atoms with Crippen LogP contribution in [0, 0.1) is 18.1 Å². The first-order chi connectivity index (χ1) is 11.4. The Hall–Kier alpha value is -2.22. The summed E-state index contributed by atoms with van der Waals surface area (Å²) >= 11 is 0. The van der Waals surface area contributed by atoms with Crippen molar-refractivity contribution >= 4 is 0 Å². The Morgan fingerprint density at radius 1 is 0.826 bits per heavy atom. The minimum absolute atomic E-state index is 0.408. The summed E-state index contributed by atoms with van der Waals surface area (Å²) in [6, 6.07) is 19.5. The molecule has 0 aromatic heterocycles. The molecule has 0 nitrogen and oxygen atoms in total. The number of hydrogen-bond donors (Lipinski definition) is 0. The van der Waals surface area contributed by atoms with Crippen LogP contribution in [0.15, 0.2) is 53.8 Å². The molecule has 0 saturated heterocycles. The third-order valence-electron chi connectivity index (χ3n) is 4.91. The molecule has 0 aliphatic heterocycles. The molecule has 2 aromatic rings. The van der Waals surface area contributed by atoms with E-state index in [2.05, 4.69) is 60.3 Å². The molecule has 0 N–H and O–H groups in total. The fraction of sp³-hybridized carbons (Fsp3) is 0.348. The normalized spacial score (nSPS) is 23.8. The first-order valence-corrected chi connectivity index (χ1v) is 8.90. The van der Waals surface area contributed by atoms with Gasteiger partial charge in [-0.25, -0.2) is 0 Å². The first kappa shape index (κ1) is 15.7. The number of allylic oxidation sites excluding steroid dienone is 1. The van der Waals surface area contributed by atoms with Crippen LogP contribution in [-0.2, 0) is 0 Å². The van der Waals surface area contributed by atoms with Crippen LogP contribution in [0.5, 0.6) is 0 Å². The second-order valence-corrected chi connectivity index (χ2v) is 5.67. The second kappa shape index (κ2) is 6.49. The Bertz CT molecular complexity index is 712. The molecule has 4 aliphatic carbocycles. The average Bonchev–Trinajstić information content (AvgIpc) is 3.15. The molecule has 23 heavy (non-hydrogen) atoms. The summed E-state index contributed by atoms with van der Waals surface area (Å²) in [5.74, 6) is 1.54. The SMILES string of the molecule is C1=CCC2C=1C1c3cc#ccc3C2c2ccccc21.CC.CC. The molecule has 6 rings (SSSR count). The van der Waals surface area contributed by atoms with Crippen LogP contribution in [-0.4, -0.2) is 0 Å². The van der Waals surface area contributed by atoms with Crippen molar-refractivity contribution in [2.75, 3.05) is 0 Å². The van der Waals surface area contributed by atoms with Gasteiger partial charge in [0.25, 0.3) is 0 Å². The lowest BCUT2D eigenvalue weighted by molar-refractivity contribution is 0.474. The third kappa shape index (κ3) is 2.16. The van der Waals surface area contributed by atoms with E-state index in [1.165, 1.54) is 27.8 Å². The van der Waals surface area contributed by atoms with E-state index in [1.54, 1.807) is 0 Å². The Morgan fingerprint density at radius 3 is 2.22 bits per heavy atom. The minimum atomic E-state index is 0.408. The van der Waals surface area contributed by atoms with Gasteiger partial charge in [-0.1, -0.05) is 64.1 Å². The maximum atomic E-state index is 3.54. The monoisotopic (exact) mass is 300 g/mol. The number of benzene rings is 1. The van der Waals surface area contributed by atoms with Gasteiger partial charge >= 0.3 is 0 Å². The van der Waals surface area contributed by atoms with Crippen molar-refractivity contribution in [2.45, 2.75) is 46.0 Å². The highest BCUT2D eigenvalue weighted by Gasteiger charge is 2.46. The van der Waals surface area contributed by atoms with Gasteiger partial charge in [0, 0.05) is 17.8 Å². The largest absolute Gasteiger partial charge is 0.125 e. The number of rotatable bonds is 0. The molecule has 3 unspecified atom stereocenters. The summed E-state index contributed by atoms with van der Waals surface area (Å²) < 4.78 is 0. The molecule has 0 heterocycles. The molecular weight excluding hydrogens is 276 g/mol. The van der Waals surface area contributed by atoms with Crippen molar-refractivity contribution < 1.29 is 0 Å². The van der Waals surface area contributed by atoms with Gasteiger partial charge in [-0.05, 0) is 52.5 Å². The van der Waals surface area contributed by atoms with Crippen LogP contribution < -0.4 is 0 Å².